The first-order valence-electron chi connectivity index (χ1n) is 11.2. The number of hydrogen-bond donors (Lipinski definition) is 0. The summed E-state index contributed by atoms with van der Waals surface area (Å²) >= 11 is 6.27. The molecule has 8 nitrogen and oxygen atoms in total. The lowest BCUT2D eigenvalue weighted by molar-refractivity contribution is -0.129. The number of aryl methyl sites for hydroxylation is 1. The molecular weight excluding hydrogens is 440 g/mol. The van der Waals surface area contributed by atoms with Gasteiger partial charge < -0.3 is 14.7 Å². The van der Waals surface area contributed by atoms with Crippen LogP contribution in [0.5, 0.6) is 0 Å². The molecule has 2 aromatic heterocycles. The van der Waals surface area contributed by atoms with Crippen molar-refractivity contribution in [2.75, 3.05) is 38.1 Å². The zero-order valence-electron chi connectivity index (χ0n) is 19.5. The summed E-state index contributed by atoms with van der Waals surface area (Å²) in [5.41, 5.74) is 3.36. The molecule has 174 valence electrons. The number of carbonyl (C=O) groups excluding carboxylic acids is 2. The van der Waals surface area contributed by atoms with Gasteiger partial charge in [0.2, 0.25) is 5.91 Å². The minimum Gasteiger partial charge on any atom is -0.353 e. The van der Waals surface area contributed by atoms with E-state index in [2.05, 4.69) is 10.00 Å². The zero-order valence-corrected chi connectivity index (χ0v) is 20.3. The van der Waals surface area contributed by atoms with E-state index in [1.165, 1.54) is 0 Å². The number of benzene rings is 1. The predicted molar refractivity (Wildman–Crippen MR) is 130 cm³/mol. The average molecular weight is 469 g/mol. The van der Waals surface area contributed by atoms with Crippen LogP contribution in [-0.4, -0.2) is 69.6 Å². The number of halogens is 1. The van der Waals surface area contributed by atoms with Crippen molar-refractivity contribution in [2.45, 2.75) is 33.9 Å². The summed E-state index contributed by atoms with van der Waals surface area (Å²) < 4.78 is 1.92. The van der Waals surface area contributed by atoms with Gasteiger partial charge in [0.15, 0.2) is 0 Å². The summed E-state index contributed by atoms with van der Waals surface area (Å²) in [6.07, 6.45) is 1.82. The molecule has 9 heteroatoms. The van der Waals surface area contributed by atoms with Gasteiger partial charge in [-0.15, -0.1) is 0 Å². The van der Waals surface area contributed by atoms with Crippen LogP contribution in [-0.2, 0) is 17.9 Å². The Hall–Kier alpha value is -3.13. The van der Waals surface area contributed by atoms with E-state index in [-0.39, 0.29) is 11.8 Å². The highest BCUT2D eigenvalue weighted by Crippen LogP contribution is 2.28. The molecule has 2 amide bonds. The number of aromatic nitrogens is 3. The Labute approximate surface area is 198 Å². The predicted octanol–water partition coefficient (Wildman–Crippen LogP) is 3.35. The summed E-state index contributed by atoms with van der Waals surface area (Å²) in [5.74, 6) is 0.714. The average Bonchev–Trinajstić information content (AvgIpc) is 3.16. The highest BCUT2D eigenvalue weighted by molar-refractivity contribution is 6.31. The van der Waals surface area contributed by atoms with Crippen LogP contribution in [0.15, 0.2) is 30.5 Å². The first-order chi connectivity index (χ1) is 15.8. The van der Waals surface area contributed by atoms with Crippen molar-refractivity contribution in [3.8, 4) is 0 Å². The Kier molecular flexibility index (Phi) is 6.56. The number of fused-ring (bicyclic) bond motifs is 1. The number of hydrogen-bond acceptors (Lipinski definition) is 5. The van der Waals surface area contributed by atoms with Gasteiger partial charge >= 0.3 is 0 Å². The minimum atomic E-state index is -0.100. The van der Waals surface area contributed by atoms with Crippen LogP contribution >= 0.6 is 11.6 Å². The van der Waals surface area contributed by atoms with E-state index >= 15 is 0 Å². The minimum absolute atomic E-state index is 0.0787. The Morgan fingerprint density at radius 2 is 1.88 bits per heavy atom. The zero-order chi connectivity index (χ0) is 23.7. The van der Waals surface area contributed by atoms with Gasteiger partial charge in [0.1, 0.15) is 5.82 Å². The molecule has 33 heavy (non-hydrogen) atoms. The first-order valence-corrected chi connectivity index (χ1v) is 11.5. The van der Waals surface area contributed by atoms with Gasteiger partial charge in [-0.1, -0.05) is 11.6 Å². The van der Waals surface area contributed by atoms with E-state index in [0.717, 1.165) is 34.5 Å². The highest BCUT2D eigenvalue weighted by atomic mass is 35.5. The van der Waals surface area contributed by atoms with Gasteiger partial charge in [0, 0.05) is 74.9 Å². The summed E-state index contributed by atoms with van der Waals surface area (Å²) in [5, 5.41) is 5.68. The summed E-state index contributed by atoms with van der Waals surface area (Å²) in [4.78, 5) is 35.7. The Bertz CT molecular complexity index is 1200. The number of carbonyl (C=O) groups is 2. The van der Waals surface area contributed by atoms with E-state index < -0.39 is 0 Å². The molecule has 1 aliphatic rings. The maximum absolute atomic E-state index is 13.6. The smallest absolute Gasteiger partial charge is 0.254 e. The molecule has 0 bridgehead atoms. The number of anilines is 1. The molecule has 1 fully saturated rings. The van der Waals surface area contributed by atoms with E-state index in [1.807, 2.05) is 41.8 Å². The van der Waals surface area contributed by atoms with Crippen molar-refractivity contribution >= 4 is 40.1 Å². The summed E-state index contributed by atoms with van der Waals surface area (Å²) in [7, 11) is 1.80. The third-order valence-electron chi connectivity index (χ3n) is 6.30. The fourth-order valence-corrected chi connectivity index (χ4v) is 4.44. The second kappa shape index (κ2) is 9.39. The number of piperazine rings is 1. The van der Waals surface area contributed by atoms with Crippen molar-refractivity contribution < 1.29 is 9.59 Å². The number of nitrogens with zero attached hydrogens (tertiary/aromatic N) is 6. The molecule has 3 heterocycles. The quantitative estimate of drug-likeness (QED) is 0.574. The van der Waals surface area contributed by atoms with Crippen LogP contribution in [0.3, 0.4) is 0 Å². The summed E-state index contributed by atoms with van der Waals surface area (Å²) in [6, 6.07) is 7.28. The van der Waals surface area contributed by atoms with Crippen molar-refractivity contribution in [3.63, 3.8) is 0 Å². The standard InChI is InChI=1S/C24H29ClN6O2/c1-5-31-16(2)18(14-26-31)15-28(4)24(33)21-13-23(27-22-7-6-19(25)12-20(21)22)30-10-8-29(9-11-30)17(3)32/h6-7,12-14H,5,8-11,15H2,1-4H3. The third kappa shape index (κ3) is 4.66. The molecule has 0 N–H and O–H groups in total. The lowest BCUT2D eigenvalue weighted by Gasteiger charge is -2.35. The lowest BCUT2D eigenvalue weighted by atomic mass is 10.1. The molecule has 4 rings (SSSR count). The second-order valence-electron chi connectivity index (χ2n) is 8.41. The SMILES string of the molecule is CCn1ncc(CN(C)C(=O)c2cc(N3CCN(C(C)=O)CC3)nc3ccc(Cl)cc23)c1C. The first kappa shape index (κ1) is 23.0. The van der Waals surface area contributed by atoms with Crippen LogP contribution in [0.1, 0.15) is 35.5 Å². The van der Waals surface area contributed by atoms with E-state index in [0.29, 0.717) is 43.3 Å². The van der Waals surface area contributed by atoms with Crippen LogP contribution in [0.4, 0.5) is 5.82 Å². The van der Waals surface area contributed by atoms with Crippen molar-refractivity contribution in [1.82, 2.24) is 24.6 Å². The normalized spacial score (nSPS) is 14.1. The highest BCUT2D eigenvalue weighted by Gasteiger charge is 2.23. The molecule has 1 aliphatic heterocycles. The van der Waals surface area contributed by atoms with Crippen molar-refractivity contribution in [3.05, 3.63) is 52.3 Å². The van der Waals surface area contributed by atoms with Crippen molar-refractivity contribution in [1.29, 1.82) is 0 Å². The van der Waals surface area contributed by atoms with Gasteiger partial charge in [-0.05, 0) is 38.1 Å². The molecule has 0 radical (unpaired) electrons. The molecule has 1 aromatic carbocycles. The molecular formula is C24H29ClN6O2. The molecule has 0 spiro atoms. The second-order valence-corrected chi connectivity index (χ2v) is 8.85. The van der Waals surface area contributed by atoms with Crippen LogP contribution in [0.25, 0.3) is 10.9 Å². The fourth-order valence-electron chi connectivity index (χ4n) is 4.27. The van der Waals surface area contributed by atoms with Crippen molar-refractivity contribution in [2.24, 2.45) is 0 Å². The molecule has 1 saturated heterocycles. The molecule has 0 unspecified atom stereocenters. The Balaban J connectivity index is 1.66. The molecule has 0 atom stereocenters. The lowest BCUT2D eigenvalue weighted by Crippen LogP contribution is -2.48. The van der Waals surface area contributed by atoms with Gasteiger partial charge in [-0.25, -0.2) is 4.98 Å². The maximum atomic E-state index is 13.6. The van der Waals surface area contributed by atoms with Crippen LogP contribution < -0.4 is 4.90 Å². The Morgan fingerprint density at radius 3 is 2.52 bits per heavy atom. The molecule has 0 aliphatic carbocycles. The van der Waals surface area contributed by atoms with Gasteiger partial charge in [0.25, 0.3) is 5.91 Å². The van der Waals surface area contributed by atoms with Crippen LogP contribution in [0.2, 0.25) is 5.02 Å². The third-order valence-corrected chi connectivity index (χ3v) is 6.53. The maximum Gasteiger partial charge on any atom is 0.254 e. The molecule has 3 aromatic rings. The van der Waals surface area contributed by atoms with E-state index in [4.69, 9.17) is 16.6 Å². The Morgan fingerprint density at radius 1 is 1.15 bits per heavy atom. The number of rotatable bonds is 5. The van der Waals surface area contributed by atoms with Gasteiger partial charge in [-0.3, -0.25) is 14.3 Å². The monoisotopic (exact) mass is 468 g/mol. The fraction of sp³-hybridized carbons (Fsp3) is 0.417. The largest absolute Gasteiger partial charge is 0.353 e. The van der Waals surface area contributed by atoms with E-state index in [9.17, 15) is 9.59 Å². The van der Waals surface area contributed by atoms with Crippen LogP contribution in [0, 0.1) is 6.92 Å². The number of amides is 2. The topological polar surface area (TPSA) is 74.6 Å². The number of pyridine rings is 1. The van der Waals surface area contributed by atoms with Gasteiger partial charge in [-0.2, -0.15) is 5.10 Å². The molecule has 0 saturated carbocycles. The van der Waals surface area contributed by atoms with Gasteiger partial charge in [0.05, 0.1) is 17.3 Å². The van der Waals surface area contributed by atoms with E-state index in [1.54, 1.807) is 31.0 Å². The summed E-state index contributed by atoms with van der Waals surface area (Å²) in [6.45, 7) is 9.52.